The van der Waals surface area contributed by atoms with Gasteiger partial charge >= 0.3 is 0 Å². The van der Waals surface area contributed by atoms with Crippen LogP contribution in [0.25, 0.3) is 61.3 Å². The number of hydrogen-bond donors (Lipinski definition) is 2. The smallest absolute Gasteiger partial charge is 0.279 e. The second kappa shape index (κ2) is 10.4. The van der Waals surface area contributed by atoms with Crippen LogP contribution in [0.4, 0.5) is 0 Å². The van der Waals surface area contributed by atoms with Crippen molar-refractivity contribution < 1.29 is 4.74 Å². The third-order valence-electron chi connectivity index (χ3n) is 7.84. The van der Waals surface area contributed by atoms with Crippen molar-refractivity contribution in [1.82, 2.24) is 39.7 Å². The molecule has 4 aromatic carbocycles. The normalized spacial score (nSPS) is 11.5. The minimum Gasteiger partial charge on any atom is -0.497 e. The topological polar surface area (TPSA) is 136 Å². The van der Waals surface area contributed by atoms with Gasteiger partial charge in [-0.05, 0) is 41.5 Å². The zero-order chi connectivity index (χ0) is 30.5. The van der Waals surface area contributed by atoms with E-state index in [1.165, 1.54) is 0 Å². The van der Waals surface area contributed by atoms with Gasteiger partial charge in [-0.3, -0.25) is 14.7 Å². The maximum absolute atomic E-state index is 13.8. The fourth-order valence-corrected chi connectivity index (χ4v) is 5.69. The lowest BCUT2D eigenvalue weighted by molar-refractivity contribution is 0.415. The number of aromatic amines is 2. The van der Waals surface area contributed by atoms with Crippen LogP contribution in [-0.4, -0.2) is 46.8 Å². The Morgan fingerprint density at radius 1 is 0.800 bits per heavy atom. The van der Waals surface area contributed by atoms with Crippen molar-refractivity contribution in [2.45, 2.75) is 6.54 Å². The highest BCUT2D eigenvalue weighted by molar-refractivity contribution is 6.04. The first-order valence-electron chi connectivity index (χ1n) is 14.2. The van der Waals surface area contributed by atoms with Gasteiger partial charge in [0.2, 0.25) is 0 Å². The van der Waals surface area contributed by atoms with E-state index in [0.717, 1.165) is 32.3 Å². The summed E-state index contributed by atoms with van der Waals surface area (Å²) in [6.07, 6.45) is 0. The summed E-state index contributed by atoms with van der Waals surface area (Å²) < 4.78 is 8.34. The highest BCUT2D eigenvalue weighted by Crippen LogP contribution is 2.39. The van der Waals surface area contributed by atoms with Gasteiger partial charge in [0.25, 0.3) is 11.1 Å². The van der Waals surface area contributed by atoms with Crippen LogP contribution in [0.1, 0.15) is 5.56 Å². The molecule has 0 fully saturated rings. The maximum Gasteiger partial charge on any atom is 0.279 e. The number of methoxy groups -OCH3 is 1. The Bertz CT molecular complexity index is 2500. The van der Waals surface area contributed by atoms with Crippen molar-refractivity contribution in [3.8, 4) is 34.2 Å². The molecule has 8 aromatic rings. The van der Waals surface area contributed by atoms with Gasteiger partial charge in [0, 0.05) is 16.5 Å². The third-order valence-corrected chi connectivity index (χ3v) is 7.84. The number of nitrogens with one attached hydrogen (secondary N) is 2. The molecule has 0 saturated heterocycles. The fourth-order valence-electron chi connectivity index (χ4n) is 5.69. The van der Waals surface area contributed by atoms with Crippen molar-refractivity contribution in [2.24, 2.45) is 0 Å². The fraction of sp³-hybridized carbons (Fsp3) is 0.0588. The van der Waals surface area contributed by atoms with Gasteiger partial charge in [-0.1, -0.05) is 78.0 Å². The average Bonchev–Trinajstić information content (AvgIpc) is 3.68. The summed E-state index contributed by atoms with van der Waals surface area (Å²) in [5.74, 6) is 1.11. The lowest BCUT2D eigenvalue weighted by atomic mass is 10.0. The molecule has 11 nitrogen and oxygen atoms in total. The van der Waals surface area contributed by atoms with Gasteiger partial charge in [-0.25, -0.2) is 14.6 Å². The second-order valence-corrected chi connectivity index (χ2v) is 10.6. The maximum atomic E-state index is 13.8. The number of H-pyrrole nitrogens is 2. The van der Waals surface area contributed by atoms with Gasteiger partial charge in [0.15, 0.2) is 22.8 Å². The van der Waals surface area contributed by atoms with Crippen LogP contribution in [0.3, 0.4) is 0 Å². The van der Waals surface area contributed by atoms with E-state index in [0.29, 0.717) is 29.5 Å². The molecule has 0 spiro atoms. The molecule has 0 unspecified atom stereocenters. The van der Waals surface area contributed by atoms with Gasteiger partial charge in [0.05, 0.1) is 30.1 Å². The Kier molecular flexibility index (Phi) is 6.09. The predicted octanol–water partition coefficient (Wildman–Crippen LogP) is 5.09. The van der Waals surface area contributed by atoms with Crippen molar-refractivity contribution in [1.29, 1.82) is 0 Å². The summed E-state index contributed by atoms with van der Waals surface area (Å²) in [6.45, 7) is 0.381. The molecule has 0 saturated carbocycles. The monoisotopic (exact) mass is 592 g/mol. The van der Waals surface area contributed by atoms with Gasteiger partial charge in [0.1, 0.15) is 5.75 Å². The van der Waals surface area contributed by atoms with E-state index in [4.69, 9.17) is 14.7 Å². The molecule has 218 valence electrons. The van der Waals surface area contributed by atoms with Gasteiger partial charge in [-0.2, -0.15) is 4.68 Å². The number of rotatable bonds is 6. The summed E-state index contributed by atoms with van der Waals surface area (Å²) in [6, 6.07) is 32.2. The Morgan fingerprint density at radius 2 is 1.53 bits per heavy atom. The van der Waals surface area contributed by atoms with Crippen molar-refractivity contribution in [3.63, 3.8) is 0 Å². The quantitative estimate of drug-likeness (QED) is 0.275. The number of fused-ring (bicyclic) bond motifs is 3. The molecule has 0 amide bonds. The number of hydrogen-bond acceptors (Lipinski definition) is 7. The van der Waals surface area contributed by atoms with E-state index < -0.39 is 11.1 Å². The first-order valence-corrected chi connectivity index (χ1v) is 14.2. The lowest BCUT2D eigenvalue weighted by Crippen LogP contribution is -2.29. The van der Waals surface area contributed by atoms with Crippen LogP contribution in [0.15, 0.2) is 113 Å². The highest BCUT2D eigenvalue weighted by atomic mass is 16.5. The van der Waals surface area contributed by atoms with E-state index in [1.807, 2.05) is 78.9 Å². The molecule has 45 heavy (non-hydrogen) atoms. The molecule has 4 aromatic heterocycles. The Hall–Kier alpha value is -6.36. The van der Waals surface area contributed by atoms with Crippen molar-refractivity contribution in [2.75, 3.05) is 7.11 Å². The molecule has 4 heterocycles. The third kappa shape index (κ3) is 4.37. The van der Waals surface area contributed by atoms with Crippen LogP contribution in [-0.2, 0) is 6.54 Å². The predicted molar refractivity (Wildman–Crippen MR) is 172 cm³/mol. The molecule has 8 rings (SSSR count). The Balaban J connectivity index is 1.45. The van der Waals surface area contributed by atoms with Crippen LogP contribution >= 0.6 is 0 Å². The highest BCUT2D eigenvalue weighted by Gasteiger charge is 2.24. The van der Waals surface area contributed by atoms with E-state index in [9.17, 15) is 9.59 Å². The second-order valence-electron chi connectivity index (χ2n) is 10.6. The molecule has 0 radical (unpaired) electrons. The van der Waals surface area contributed by atoms with E-state index in [1.54, 1.807) is 36.1 Å². The first-order chi connectivity index (χ1) is 22.1. The zero-order valence-corrected chi connectivity index (χ0v) is 23.9. The Labute approximate surface area is 254 Å². The first kappa shape index (κ1) is 26.3. The minimum absolute atomic E-state index is 0.109. The van der Waals surface area contributed by atoms with Crippen molar-refractivity contribution in [3.05, 3.63) is 129 Å². The molecule has 0 aliphatic heterocycles. The SMILES string of the molecule is COc1ccc2[nH]c(-c3nc(-n4[nH]c(=O)c5ccccc5c4=O)c4nnn(Cc5ccccc5)c4n3)c(-c3ccccc3)c2c1. The van der Waals surface area contributed by atoms with E-state index in [2.05, 4.69) is 20.4 Å². The van der Waals surface area contributed by atoms with E-state index >= 15 is 0 Å². The molecule has 0 atom stereocenters. The molecule has 0 aliphatic rings. The zero-order valence-electron chi connectivity index (χ0n) is 23.9. The van der Waals surface area contributed by atoms with Crippen LogP contribution in [0.5, 0.6) is 5.75 Å². The molecule has 2 N–H and O–H groups in total. The summed E-state index contributed by atoms with van der Waals surface area (Å²) in [5.41, 5.74) is 4.04. The standard InChI is InChI=1S/C34H24N8O3/c1-45-22-16-17-26-25(18-22)27(21-12-6-3-7-13-21)28(35-26)30-36-31-29(38-40-41(31)19-20-10-4-2-5-11-20)32(37-30)42-34(44)24-15-9-8-14-23(24)33(43)39-42/h2-18,35H,19H2,1H3,(H,39,43). The van der Waals surface area contributed by atoms with Crippen LogP contribution in [0, 0.1) is 0 Å². The van der Waals surface area contributed by atoms with Gasteiger partial charge in [-0.15, -0.1) is 5.10 Å². The molecular formula is C34H24N8O3. The largest absolute Gasteiger partial charge is 0.497 e. The van der Waals surface area contributed by atoms with Gasteiger partial charge < -0.3 is 9.72 Å². The number of aromatic nitrogens is 8. The molecule has 11 heteroatoms. The van der Waals surface area contributed by atoms with Crippen LogP contribution < -0.4 is 15.9 Å². The van der Waals surface area contributed by atoms with Crippen molar-refractivity contribution >= 4 is 32.8 Å². The summed E-state index contributed by atoms with van der Waals surface area (Å²) in [7, 11) is 1.63. The average molecular weight is 593 g/mol. The minimum atomic E-state index is -0.446. The summed E-state index contributed by atoms with van der Waals surface area (Å²) in [4.78, 5) is 40.4. The summed E-state index contributed by atoms with van der Waals surface area (Å²) >= 11 is 0. The number of ether oxygens (including phenoxy) is 1. The molecule has 0 aliphatic carbocycles. The summed E-state index contributed by atoms with van der Waals surface area (Å²) in [5, 5.41) is 13.0. The number of nitrogens with zero attached hydrogens (tertiary/aromatic N) is 6. The Morgan fingerprint density at radius 3 is 2.31 bits per heavy atom. The molecular weight excluding hydrogens is 568 g/mol. The molecule has 0 bridgehead atoms. The van der Waals surface area contributed by atoms with Crippen LogP contribution in [0.2, 0.25) is 0 Å². The number of benzene rings is 4. The van der Waals surface area contributed by atoms with E-state index in [-0.39, 0.29) is 22.1 Å². The lowest BCUT2D eigenvalue weighted by Gasteiger charge is -2.10.